The molecule has 4 N–H and O–H groups in total. The van der Waals surface area contributed by atoms with Gasteiger partial charge in [-0.1, -0.05) is 177 Å². The van der Waals surface area contributed by atoms with Crippen molar-refractivity contribution in [3.8, 4) is 0 Å². The van der Waals surface area contributed by atoms with Gasteiger partial charge in [-0.2, -0.15) is 0 Å². The molecular weight excluding hydrogens is 778 g/mol. The van der Waals surface area contributed by atoms with Gasteiger partial charge in [-0.3, -0.25) is 18.6 Å². The molecule has 0 saturated heterocycles. The first-order chi connectivity index (χ1) is 29.2. The molecule has 0 fully saturated rings. The molecule has 0 radical (unpaired) electrons. The van der Waals surface area contributed by atoms with Gasteiger partial charge in [0.1, 0.15) is 12.1 Å². The van der Waals surface area contributed by atoms with Crippen LogP contribution in [0.1, 0.15) is 200 Å². The number of nitrogens with two attached hydrogens (primary N) is 1. The molecule has 0 aliphatic rings. The van der Waals surface area contributed by atoms with Gasteiger partial charge in [0.15, 0.2) is 0 Å². The molecule has 0 aromatic heterocycles. The number of rotatable bonds is 45. The van der Waals surface area contributed by atoms with Crippen molar-refractivity contribution in [3.63, 3.8) is 0 Å². The predicted octanol–water partition coefficient (Wildman–Crippen LogP) is 13.6. The molecule has 11 heteroatoms. The van der Waals surface area contributed by atoms with Crippen LogP contribution in [0.3, 0.4) is 0 Å². The van der Waals surface area contributed by atoms with Gasteiger partial charge in [0.2, 0.25) is 0 Å². The number of hydrogen-bond acceptors (Lipinski definition) is 8. The van der Waals surface area contributed by atoms with E-state index < -0.39 is 45.1 Å². The Bertz CT molecular complexity index is 1190. The van der Waals surface area contributed by atoms with E-state index in [0.717, 1.165) is 77.0 Å². The van der Waals surface area contributed by atoms with Crippen LogP contribution in [0.4, 0.5) is 0 Å². The Kier molecular flexibility index (Phi) is 43.0. The van der Waals surface area contributed by atoms with Crippen LogP contribution in [0.25, 0.3) is 0 Å². The Balaban J connectivity index is 4.22. The zero-order valence-corrected chi connectivity index (χ0v) is 38.9. The zero-order chi connectivity index (χ0) is 44.0. The third-order valence-electron chi connectivity index (χ3n) is 10.0. The summed E-state index contributed by atoms with van der Waals surface area (Å²) in [6, 6.07) is -1.48. The molecule has 0 bridgehead atoms. The van der Waals surface area contributed by atoms with Crippen molar-refractivity contribution in [1.82, 2.24) is 0 Å². The maximum Gasteiger partial charge on any atom is 0.472 e. The first-order valence-corrected chi connectivity index (χ1v) is 25.3. The quantitative estimate of drug-likeness (QED) is 0.0233. The first kappa shape index (κ1) is 57.7. The Hall–Kier alpha value is -2.33. The van der Waals surface area contributed by atoms with Gasteiger partial charge in [-0.25, -0.2) is 4.57 Å². The SMILES string of the molecule is CC/C=C\C/C=C\C/C=C\C/C=C\CCCCCCCCCOCC(COP(=O)(O)OCC(N)C(=O)O)OC(=O)CCCCCCCCC/C=C\CCCCCCCCC. The maximum absolute atomic E-state index is 12.7. The standard InChI is InChI=1S/C49H88NO9P/c1-3-5-7-9-11-13-15-17-19-21-23-24-26-28-30-32-34-36-38-40-42-56-43-46(44-57-60(54,55)58-45-47(50)49(52)53)59-48(51)41-39-37-35-33-31-29-27-25-22-20-18-16-14-12-10-8-6-4-2/h5,7,11,13,17,19-20,22-24,46-47H,3-4,6,8-10,12,14-16,18,21,25-45,50H2,1-2H3,(H,52,53)(H,54,55)/b7-5-,13-11-,19-17-,22-20-,24-23-. The van der Waals surface area contributed by atoms with Crippen LogP contribution in [0.5, 0.6) is 0 Å². The predicted molar refractivity (Wildman–Crippen MR) is 249 cm³/mol. The van der Waals surface area contributed by atoms with Gasteiger partial charge in [0.05, 0.1) is 19.8 Å². The number of carbonyl (C=O) groups is 2. The minimum Gasteiger partial charge on any atom is -0.480 e. The number of esters is 1. The molecule has 0 aliphatic heterocycles. The fraction of sp³-hybridized carbons (Fsp3) is 0.755. The zero-order valence-electron chi connectivity index (χ0n) is 38.0. The summed E-state index contributed by atoms with van der Waals surface area (Å²) in [5, 5.41) is 8.91. The fourth-order valence-corrected chi connectivity index (χ4v) is 7.13. The lowest BCUT2D eigenvalue weighted by Gasteiger charge is -2.20. The lowest BCUT2D eigenvalue weighted by molar-refractivity contribution is -0.154. The van der Waals surface area contributed by atoms with E-state index in [0.29, 0.717) is 13.0 Å². The molecule has 0 aliphatic carbocycles. The van der Waals surface area contributed by atoms with Gasteiger partial charge in [-0.15, -0.1) is 0 Å². The van der Waals surface area contributed by atoms with Crippen molar-refractivity contribution in [1.29, 1.82) is 0 Å². The van der Waals surface area contributed by atoms with Crippen LogP contribution < -0.4 is 5.73 Å². The molecule has 60 heavy (non-hydrogen) atoms. The van der Waals surface area contributed by atoms with Gasteiger partial charge < -0.3 is 25.2 Å². The van der Waals surface area contributed by atoms with E-state index in [9.17, 15) is 19.0 Å². The van der Waals surface area contributed by atoms with Crippen LogP contribution in [-0.4, -0.2) is 60.5 Å². The molecule has 0 saturated carbocycles. The van der Waals surface area contributed by atoms with Gasteiger partial charge in [-0.05, 0) is 77.0 Å². The van der Waals surface area contributed by atoms with Crippen molar-refractivity contribution in [2.45, 2.75) is 212 Å². The summed E-state index contributed by atoms with van der Waals surface area (Å²) >= 11 is 0. The Morgan fingerprint density at radius 3 is 1.47 bits per heavy atom. The lowest BCUT2D eigenvalue weighted by atomic mass is 10.1. The highest BCUT2D eigenvalue weighted by Gasteiger charge is 2.27. The minimum absolute atomic E-state index is 0.00594. The second-order valence-corrected chi connectivity index (χ2v) is 17.3. The summed E-state index contributed by atoms with van der Waals surface area (Å²) in [4.78, 5) is 33.6. The monoisotopic (exact) mass is 866 g/mol. The fourth-order valence-electron chi connectivity index (χ4n) is 6.35. The van der Waals surface area contributed by atoms with Crippen molar-refractivity contribution in [3.05, 3.63) is 60.8 Å². The number of phosphoric ester groups is 1. The van der Waals surface area contributed by atoms with Crippen LogP contribution in [0.15, 0.2) is 60.8 Å². The molecule has 0 heterocycles. The van der Waals surface area contributed by atoms with Crippen molar-refractivity contribution < 1.29 is 42.7 Å². The van der Waals surface area contributed by atoms with Crippen LogP contribution >= 0.6 is 7.82 Å². The van der Waals surface area contributed by atoms with Gasteiger partial charge in [0.25, 0.3) is 0 Å². The van der Waals surface area contributed by atoms with Crippen molar-refractivity contribution in [2.75, 3.05) is 26.4 Å². The second-order valence-electron chi connectivity index (χ2n) is 15.9. The van der Waals surface area contributed by atoms with Gasteiger partial charge in [0, 0.05) is 13.0 Å². The number of allylic oxidation sites excluding steroid dienone is 10. The molecule has 348 valence electrons. The first-order valence-electron chi connectivity index (χ1n) is 23.8. The smallest absolute Gasteiger partial charge is 0.472 e. The Morgan fingerprint density at radius 2 is 0.967 bits per heavy atom. The van der Waals surface area contributed by atoms with E-state index in [1.807, 2.05) is 0 Å². The highest BCUT2D eigenvalue weighted by atomic mass is 31.2. The summed E-state index contributed by atoms with van der Waals surface area (Å²) in [6.45, 7) is 3.75. The van der Waals surface area contributed by atoms with E-state index in [4.69, 9.17) is 29.4 Å². The lowest BCUT2D eigenvalue weighted by Crippen LogP contribution is -2.34. The van der Waals surface area contributed by atoms with Crippen LogP contribution in [0, 0.1) is 0 Å². The molecule has 0 aromatic carbocycles. The number of carbonyl (C=O) groups excluding carboxylic acids is 1. The van der Waals surface area contributed by atoms with E-state index in [-0.39, 0.29) is 13.0 Å². The Labute approximate surface area is 366 Å². The number of phosphoric acid groups is 1. The summed E-state index contributed by atoms with van der Waals surface area (Å²) < 4.78 is 33.4. The van der Waals surface area contributed by atoms with Crippen molar-refractivity contribution in [2.24, 2.45) is 5.73 Å². The van der Waals surface area contributed by atoms with E-state index >= 15 is 0 Å². The number of ether oxygens (including phenoxy) is 2. The van der Waals surface area contributed by atoms with E-state index in [2.05, 4.69) is 74.6 Å². The highest BCUT2D eigenvalue weighted by Crippen LogP contribution is 2.43. The normalized spacial score (nSPS) is 14.3. The minimum atomic E-state index is -4.63. The summed E-state index contributed by atoms with van der Waals surface area (Å²) in [5.41, 5.74) is 5.37. The summed E-state index contributed by atoms with van der Waals surface area (Å²) in [7, 11) is -4.63. The van der Waals surface area contributed by atoms with E-state index in [1.54, 1.807) is 0 Å². The molecule has 0 aromatic rings. The van der Waals surface area contributed by atoms with Gasteiger partial charge >= 0.3 is 19.8 Å². The molecule has 0 rings (SSSR count). The second kappa shape index (κ2) is 44.7. The summed E-state index contributed by atoms with van der Waals surface area (Å²) in [5.74, 6) is -1.79. The molecule has 3 atom stereocenters. The average Bonchev–Trinajstić information content (AvgIpc) is 3.23. The number of carboxylic acid groups (broad SMARTS) is 1. The number of aliphatic carboxylic acids is 1. The molecular formula is C49H88NO9P. The topological polar surface area (TPSA) is 155 Å². The molecule has 3 unspecified atom stereocenters. The van der Waals surface area contributed by atoms with E-state index in [1.165, 1.54) is 96.3 Å². The Morgan fingerprint density at radius 1 is 0.550 bits per heavy atom. The maximum atomic E-state index is 12.7. The molecule has 0 spiro atoms. The highest BCUT2D eigenvalue weighted by molar-refractivity contribution is 7.47. The number of carboxylic acids is 1. The third kappa shape index (κ3) is 43.7. The largest absolute Gasteiger partial charge is 0.480 e. The average molecular weight is 866 g/mol. The number of hydrogen-bond donors (Lipinski definition) is 3. The third-order valence-corrected chi connectivity index (χ3v) is 11.0. The van der Waals surface area contributed by atoms with Crippen molar-refractivity contribution >= 4 is 19.8 Å². The summed E-state index contributed by atoms with van der Waals surface area (Å²) in [6.07, 6.45) is 54.1. The molecule has 0 amide bonds. The molecule has 10 nitrogen and oxygen atoms in total. The number of unbranched alkanes of at least 4 members (excludes halogenated alkanes) is 21. The van der Waals surface area contributed by atoms with Crippen LogP contribution in [-0.2, 0) is 32.7 Å². The van der Waals surface area contributed by atoms with Crippen LogP contribution in [0.2, 0.25) is 0 Å².